The molecule has 3 rings (SSSR count). The Bertz CT molecular complexity index is 714. The van der Waals surface area contributed by atoms with Gasteiger partial charge in [0.25, 0.3) is 0 Å². The molecule has 136 valence electrons. The normalized spacial score (nSPS) is 17.2. The Morgan fingerprint density at radius 3 is 2.64 bits per heavy atom. The average Bonchev–Trinajstić information content (AvgIpc) is 2.90. The van der Waals surface area contributed by atoms with E-state index in [4.69, 9.17) is 5.73 Å². The zero-order chi connectivity index (χ0) is 17.1. The van der Waals surface area contributed by atoms with Crippen molar-refractivity contribution >= 4 is 18.3 Å². The molecule has 1 fully saturated rings. The Morgan fingerprint density at radius 1 is 1.24 bits per heavy atom. The van der Waals surface area contributed by atoms with Crippen molar-refractivity contribution in [3.8, 4) is 5.69 Å². The van der Waals surface area contributed by atoms with Gasteiger partial charge in [0.2, 0.25) is 5.91 Å². The Balaban J connectivity index is 0.00000225. The van der Waals surface area contributed by atoms with E-state index in [1.807, 2.05) is 53.8 Å². The number of para-hydroxylation sites is 1. The number of aromatic nitrogens is 2. The number of halogens is 1. The maximum absolute atomic E-state index is 12.8. The highest BCUT2D eigenvalue weighted by molar-refractivity contribution is 5.85. The summed E-state index contributed by atoms with van der Waals surface area (Å²) in [6.07, 6.45) is 3.66. The third kappa shape index (κ3) is 4.05. The van der Waals surface area contributed by atoms with Gasteiger partial charge < -0.3 is 10.6 Å². The van der Waals surface area contributed by atoms with Gasteiger partial charge in [-0.2, -0.15) is 5.10 Å². The molecule has 1 aromatic heterocycles. The molecule has 0 radical (unpaired) electrons. The summed E-state index contributed by atoms with van der Waals surface area (Å²) in [7, 11) is 0. The molecule has 5 nitrogen and oxygen atoms in total. The number of nitrogens with two attached hydrogens (primary N) is 1. The maximum atomic E-state index is 12.8. The van der Waals surface area contributed by atoms with Crippen LogP contribution in [0.4, 0.5) is 0 Å². The lowest BCUT2D eigenvalue weighted by atomic mass is 10.0. The fourth-order valence-electron chi connectivity index (χ4n) is 3.58. The fourth-order valence-corrected chi connectivity index (χ4v) is 3.58. The predicted octanol–water partition coefficient (Wildman–Crippen LogP) is 2.79. The molecule has 1 aliphatic heterocycles. The first-order valence-corrected chi connectivity index (χ1v) is 8.72. The number of nitrogens with zero attached hydrogens (tertiary/aromatic N) is 3. The number of hydrogen-bond acceptors (Lipinski definition) is 3. The van der Waals surface area contributed by atoms with E-state index in [2.05, 4.69) is 5.10 Å². The van der Waals surface area contributed by atoms with Crippen molar-refractivity contribution in [3.63, 3.8) is 0 Å². The van der Waals surface area contributed by atoms with Crippen LogP contribution in [-0.2, 0) is 11.2 Å². The summed E-state index contributed by atoms with van der Waals surface area (Å²) in [6, 6.07) is 10.2. The van der Waals surface area contributed by atoms with Crippen LogP contribution in [0.1, 0.15) is 36.2 Å². The lowest BCUT2D eigenvalue weighted by molar-refractivity contribution is -0.133. The third-order valence-corrected chi connectivity index (χ3v) is 4.99. The van der Waals surface area contributed by atoms with Crippen LogP contribution in [0, 0.1) is 13.8 Å². The lowest BCUT2D eigenvalue weighted by Gasteiger charge is -2.35. The topological polar surface area (TPSA) is 64.2 Å². The second kappa shape index (κ2) is 8.50. The molecule has 1 aliphatic rings. The van der Waals surface area contributed by atoms with Crippen LogP contribution >= 0.6 is 12.4 Å². The van der Waals surface area contributed by atoms with Gasteiger partial charge in [0.1, 0.15) is 0 Å². The highest BCUT2D eigenvalue weighted by Crippen LogP contribution is 2.22. The van der Waals surface area contributed by atoms with Gasteiger partial charge in [-0.3, -0.25) is 4.79 Å². The minimum absolute atomic E-state index is 0. The summed E-state index contributed by atoms with van der Waals surface area (Å²) < 4.78 is 1.93. The summed E-state index contributed by atoms with van der Waals surface area (Å²) in [4.78, 5) is 14.8. The molecular formula is C19H27ClN4O. The summed E-state index contributed by atoms with van der Waals surface area (Å²) in [5.74, 6) is 0.170. The number of piperidine rings is 1. The van der Waals surface area contributed by atoms with E-state index >= 15 is 0 Å². The molecule has 0 bridgehead atoms. The third-order valence-electron chi connectivity index (χ3n) is 4.99. The van der Waals surface area contributed by atoms with Crippen LogP contribution in [0.3, 0.4) is 0 Å². The zero-order valence-electron chi connectivity index (χ0n) is 14.9. The number of carbonyl (C=O) groups is 1. The van der Waals surface area contributed by atoms with E-state index in [1.54, 1.807) is 0 Å². The monoisotopic (exact) mass is 362 g/mol. The zero-order valence-corrected chi connectivity index (χ0v) is 15.8. The summed E-state index contributed by atoms with van der Waals surface area (Å²) >= 11 is 0. The first-order chi connectivity index (χ1) is 11.6. The van der Waals surface area contributed by atoms with E-state index in [0.717, 1.165) is 48.4 Å². The molecule has 2 N–H and O–H groups in total. The first kappa shape index (κ1) is 19.5. The standard InChI is InChI=1S/C19H26N4O.ClH/c1-14-18(12-19(24)22-11-7-6-10-17(22)13-20)15(2)23(21-14)16-8-4-3-5-9-16;/h3-5,8-9,17H,6-7,10-13,20H2,1-2H3;1H. The Kier molecular flexibility index (Phi) is 6.62. The van der Waals surface area contributed by atoms with Gasteiger partial charge in [0.15, 0.2) is 0 Å². The molecule has 0 aliphatic carbocycles. The number of amides is 1. The smallest absolute Gasteiger partial charge is 0.227 e. The second-order valence-corrected chi connectivity index (χ2v) is 6.55. The van der Waals surface area contributed by atoms with Crippen molar-refractivity contribution in [2.45, 2.75) is 45.6 Å². The van der Waals surface area contributed by atoms with E-state index in [1.165, 1.54) is 0 Å². The summed E-state index contributed by atoms with van der Waals surface area (Å²) in [6.45, 7) is 5.39. The molecule has 0 saturated carbocycles. The highest BCUT2D eigenvalue weighted by Gasteiger charge is 2.27. The van der Waals surface area contributed by atoms with E-state index in [-0.39, 0.29) is 24.4 Å². The van der Waals surface area contributed by atoms with Crippen molar-refractivity contribution in [3.05, 3.63) is 47.3 Å². The van der Waals surface area contributed by atoms with Crippen molar-refractivity contribution in [1.29, 1.82) is 0 Å². The van der Waals surface area contributed by atoms with E-state index in [0.29, 0.717) is 13.0 Å². The second-order valence-electron chi connectivity index (χ2n) is 6.55. The van der Waals surface area contributed by atoms with Gasteiger partial charge in [0.05, 0.1) is 17.8 Å². The molecule has 6 heteroatoms. The van der Waals surface area contributed by atoms with Crippen LogP contribution in [0.25, 0.3) is 5.69 Å². The Labute approximate surface area is 155 Å². The molecule has 2 heterocycles. The van der Waals surface area contributed by atoms with E-state index < -0.39 is 0 Å². The van der Waals surface area contributed by atoms with Gasteiger partial charge in [-0.25, -0.2) is 4.68 Å². The van der Waals surface area contributed by atoms with Crippen molar-refractivity contribution in [2.24, 2.45) is 5.73 Å². The van der Waals surface area contributed by atoms with Crippen LogP contribution in [0.2, 0.25) is 0 Å². The van der Waals surface area contributed by atoms with Crippen LogP contribution in [0.5, 0.6) is 0 Å². The van der Waals surface area contributed by atoms with Crippen LogP contribution < -0.4 is 5.73 Å². The van der Waals surface area contributed by atoms with Gasteiger partial charge in [-0.1, -0.05) is 18.2 Å². The number of likely N-dealkylation sites (tertiary alicyclic amines) is 1. The lowest BCUT2D eigenvalue weighted by Crippen LogP contribution is -2.48. The van der Waals surface area contributed by atoms with Gasteiger partial charge >= 0.3 is 0 Å². The number of hydrogen-bond donors (Lipinski definition) is 1. The van der Waals surface area contributed by atoms with Gasteiger partial charge in [-0.15, -0.1) is 12.4 Å². The quantitative estimate of drug-likeness (QED) is 0.909. The molecule has 0 spiro atoms. The summed E-state index contributed by atoms with van der Waals surface area (Å²) in [5.41, 5.74) is 9.87. The molecule has 1 saturated heterocycles. The predicted molar refractivity (Wildman–Crippen MR) is 102 cm³/mol. The highest BCUT2D eigenvalue weighted by atomic mass is 35.5. The largest absolute Gasteiger partial charge is 0.338 e. The average molecular weight is 363 g/mol. The summed E-state index contributed by atoms with van der Waals surface area (Å²) in [5, 5.41) is 4.64. The Morgan fingerprint density at radius 2 is 1.96 bits per heavy atom. The van der Waals surface area contributed by atoms with Crippen LogP contribution in [-0.4, -0.2) is 39.7 Å². The SMILES string of the molecule is Cc1nn(-c2ccccc2)c(C)c1CC(=O)N1CCCCC1CN.Cl. The molecule has 1 atom stereocenters. The molecule has 2 aromatic rings. The molecular weight excluding hydrogens is 336 g/mol. The number of rotatable bonds is 4. The van der Waals surface area contributed by atoms with Gasteiger partial charge in [-0.05, 0) is 45.2 Å². The maximum Gasteiger partial charge on any atom is 0.227 e. The first-order valence-electron chi connectivity index (χ1n) is 8.72. The number of carbonyl (C=O) groups excluding carboxylic acids is 1. The fraction of sp³-hybridized carbons (Fsp3) is 0.474. The molecule has 25 heavy (non-hydrogen) atoms. The van der Waals surface area contributed by atoms with E-state index in [9.17, 15) is 4.79 Å². The number of aryl methyl sites for hydroxylation is 1. The molecule has 1 amide bonds. The van der Waals surface area contributed by atoms with Gasteiger partial charge in [0, 0.05) is 30.4 Å². The molecule has 1 aromatic carbocycles. The minimum atomic E-state index is 0. The minimum Gasteiger partial charge on any atom is -0.338 e. The van der Waals surface area contributed by atoms with Crippen molar-refractivity contribution < 1.29 is 4.79 Å². The van der Waals surface area contributed by atoms with Crippen molar-refractivity contribution in [2.75, 3.05) is 13.1 Å². The van der Waals surface area contributed by atoms with Crippen molar-refractivity contribution in [1.82, 2.24) is 14.7 Å². The molecule has 1 unspecified atom stereocenters. The van der Waals surface area contributed by atoms with Crippen LogP contribution in [0.15, 0.2) is 30.3 Å². The number of benzene rings is 1. The Hall–Kier alpha value is -1.85.